The van der Waals surface area contributed by atoms with Gasteiger partial charge in [-0.15, -0.1) is 6.92 Å². The molecule has 2 aliphatic rings. The van der Waals surface area contributed by atoms with E-state index in [2.05, 4.69) is 91.0 Å². The van der Waals surface area contributed by atoms with E-state index in [-0.39, 0.29) is 54.5 Å². The Labute approximate surface area is 205 Å². The van der Waals surface area contributed by atoms with Crippen LogP contribution >= 0.6 is 0 Å². The Bertz CT molecular complexity index is 832. The van der Waals surface area contributed by atoms with Crippen LogP contribution in [0.25, 0.3) is 0 Å². The van der Waals surface area contributed by atoms with Gasteiger partial charge in [0.05, 0.1) is 0 Å². The molecule has 1 aromatic rings. The molecule has 0 fully saturated rings. The van der Waals surface area contributed by atoms with E-state index in [9.17, 15) is 0 Å². The van der Waals surface area contributed by atoms with Crippen molar-refractivity contribution < 1.29 is 21.7 Å². The second kappa shape index (κ2) is 11.7. The molecule has 0 saturated heterocycles. The molecule has 30 heavy (non-hydrogen) atoms. The largest absolute Gasteiger partial charge is 4.00 e. The van der Waals surface area contributed by atoms with Crippen molar-refractivity contribution in [1.82, 2.24) is 0 Å². The van der Waals surface area contributed by atoms with Gasteiger partial charge in [-0.25, -0.2) is 5.57 Å². The van der Waals surface area contributed by atoms with Crippen LogP contribution in [0.5, 0.6) is 0 Å². The van der Waals surface area contributed by atoms with E-state index in [0.29, 0.717) is 0 Å². The van der Waals surface area contributed by atoms with E-state index in [1.165, 1.54) is 34.3 Å². The molecular weight excluding hydrogens is 412 g/mol. The number of rotatable bonds is 4. The average Bonchev–Trinajstić information content (AvgIpc) is 2.76. The summed E-state index contributed by atoms with van der Waals surface area (Å²) in [5.74, 6) is 0. The summed E-state index contributed by atoms with van der Waals surface area (Å²) in [4.78, 5) is 0. The van der Waals surface area contributed by atoms with Gasteiger partial charge in [0.25, 0.3) is 0 Å². The quantitative estimate of drug-likeness (QED) is 0.342. The molecule has 0 amide bonds. The number of hydrogen-bond acceptors (Lipinski definition) is 0. The first-order chi connectivity index (χ1) is 12.2. The maximum Gasteiger partial charge on any atom is 4.00 e. The normalized spacial score (nSPS) is 24.7. The van der Waals surface area contributed by atoms with E-state index in [1.807, 2.05) is 0 Å². The van der Waals surface area contributed by atoms with Crippen molar-refractivity contribution in [3.8, 4) is 0 Å². The Morgan fingerprint density at radius 3 is 1.93 bits per heavy atom. The summed E-state index contributed by atoms with van der Waals surface area (Å²) >= 11 is 0. The van der Waals surface area contributed by atoms with Crippen molar-refractivity contribution >= 4 is 14.7 Å². The molecule has 2 heteroatoms. The van der Waals surface area contributed by atoms with Crippen LogP contribution in [-0.2, 0) is 21.7 Å². The molecule has 2 unspecified atom stereocenters. The van der Waals surface area contributed by atoms with Crippen LogP contribution in [0.2, 0.25) is 5.04 Å². The molecular formula is C28H42SiTi. The third kappa shape index (κ3) is 6.09. The zero-order valence-electron chi connectivity index (χ0n) is 21.1. The first-order valence-corrected chi connectivity index (χ1v) is 11.3. The molecule has 2 atom stereocenters. The molecule has 1 aromatic carbocycles. The number of aryl methyl sites for hydroxylation is 2. The fourth-order valence-electron chi connectivity index (χ4n) is 4.77. The third-order valence-corrected chi connectivity index (χ3v) is 9.18. The van der Waals surface area contributed by atoms with Crippen LogP contribution in [0.15, 0.2) is 53.2 Å². The molecule has 0 saturated carbocycles. The predicted molar refractivity (Wildman–Crippen MR) is 137 cm³/mol. The Morgan fingerprint density at radius 1 is 0.933 bits per heavy atom. The molecule has 0 nitrogen and oxygen atoms in total. The minimum Gasteiger partial charge on any atom is -0.358 e. The Kier molecular flexibility index (Phi) is 12.2. The number of benzene rings is 1. The van der Waals surface area contributed by atoms with E-state index >= 15 is 0 Å². The van der Waals surface area contributed by atoms with Crippen molar-refractivity contribution in [2.45, 2.75) is 66.3 Å². The molecule has 0 radical (unpaired) electrons. The summed E-state index contributed by atoms with van der Waals surface area (Å²) in [6.07, 6.45) is 15.5. The molecule has 0 aliphatic heterocycles. The molecule has 3 rings (SSSR count). The second-order valence-electron chi connectivity index (χ2n) is 8.94. The van der Waals surface area contributed by atoms with E-state index < -0.39 is 9.52 Å². The van der Waals surface area contributed by atoms with Crippen LogP contribution in [-0.4, -0.2) is 9.52 Å². The summed E-state index contributed by atoms with van der Waals surface area (Å²) < 4.78 is 0. The van der Waals surface area contributed by atoms with Gasteiger partial charge in [-0.1, -0.05) is 73.9 Å². The summed E-state index contributed by atoms with van der Waals surface area (Å²) in [5, 5.41) is 1.73. The van der Waals surface area contributed by atoms with Crippen molar-refractivity contribution in [3.63, 3.8) is 0 Å². The third-order valence-electron chi connectivity index (χ3n) is 6.80. The van der Waals surface area contributed by atoms with Crippen LogP contribution in [0.1, 0.15) is 57.2 Å². The van der Waals surface area contributed by atoms with Crippen LogP contribution < -0.4 is 5.19 Å². The van der Waals surface area contributed by atoms with Crippen LogP contribution in [0.4, 0.5) is 0 Å². The van der Waals surface area contributed by atoms with Crippen molar-refractivity contribution in [1.29, 1.82) is 0 Å². The van der Waals surface area contributed by atoms with Gasteiger partial charge in [-0.05, 0) is 49.3 Å². The monoisotopic (exact) mass is 454 g/mol. The minimum atomic E-state index is -0.541. The summed E-state index contributed by atoms with van der Waals surface area (Å²) in [7, 11) is -0.541. The topological polar surface area (TPSA) is 0 Å². The van der Waals surface area contributed by atoms with Gasteiger partial charge in [0.2, 0.25) is 0 Å². The molecule has 0 spiro atoms. The Balaban J connectivity index is 0. The zero-order chi connectivity index (χ0) is 19.1. The summed E-state index contributed by atoms with van der Waals surface area (Å²) in [6, 6.07) is 4.90. The fraction of sp³-hybridized carbons (Fsp3) is 0.393. The fourth-order valence-corrected chi connectivity index (χ4v) is 7.86. The standard InChI is InChI=1S/C25H33Si.3CH3.Ti/c1-17-13-23(14-18(2)20(17)4)26-25(15-19(3)21(5)22(25)6)16-24(7)11-9-8-10-12-24;;;;/h8-11,13-14H,12,16,26H2,1-7H3;3*1H3;/q4*-1;+4. The van der Waals surface area contributed by atoms with Crippen LogP contribution in [0.3, 0.4) is 0 Å². The Morgan fingerprint density at radius 2 is 1.50 bits per heavy atom. The van der Waals surface area contributed by atoms with Gasteiger partial charge < -0.3 is 22.3 Å². The van der Waals surface area contributed by atoms with Gasteiger partial charge in [-0.2, -0.15) is 11.1 Å². The van der Waals surface area contributed by atoms with Crippen molar-refractivity contribution in [3.05, 3.63) is 98.2 Å². The smallest absolute Gasteiger partial charge is 0.358 e. The summed E-state index contributed by atoms with van der Waals surface area (Å²) in [5.41, 5.74) is 8.95. The maximum absolute atomic E-state index is 3.99. The minimum absolute atomic E-state index is 0. The maximum atomic E-state index is 3.99. The first-order valence-electron chi connectivity index (χ1n) is 9.87. The number of allylic oxidation sites excluding steroid dienone is 8. The van der Waals surface area contributed by atoms with E-state index in [1.54, 1.807) is 10.8 Å². The van der Waals surface area contributed by atoms with Gasteiger partial charge in [0, 0.05) is 9.52 Å². The average molecular weight is 455 g/mol. The van der Waals surface area contributed by atoms with Crippen LogP contribution in [0, 0.1) is 54.5 Å². The molecule has 0 bridgehead atoms. The molecule has 0 heterocycles. The molecule has 0 N–H and O–H groups in total. The first kappa shape index (κ1) is 31.3. The SMILES string of the molecule is CC1=[C-]C(CC2(C)C=CC=CC2)([SiH2]c2cc(C)c(C)c(C)c2)C(C)=C1C.[CH3-].[CH3-].[CH3-].[Ti+4]. The van der Waals surface area contributed by atoms with Crippen molar-refractivity contribution in [2.24, 2.45) is 5.41 Å². The van der Waals surface area contributed by atoms with Gasteiger partial charge in [0.1, 0.15) is 0 Å². The zero-order valence-corrected chi connectivity index (χ0v) is 24.1. The molecule has 162 valence electrons. The second-order valence-corrected chi connectivity index (χ2v) is 11.3. The molecule has 0 aromatic heterocycles. The van der Waals surface area contributed by atoms with Gasteiger partial charge in [0.15, 0.2) is 0 Å². The van der Waals surface area contributed by atoms with Gasteiger partial charge in [-0.3, -0.25) is 6.08 Å². The Hall–Kier alpha value is -0.889. The van der Waals surface area contributed by atoms with Gasteiger partial charge >= 0.3 is 21.7 Å². The predicted octanol–water partition coefficient (Wildman–Crippen LogP) is 6.93. The molecule has 2 aliphatic carbocycles. The van der Waals surface area contributed by atoms with E-state index in [4.69, 9.17) is 0 Å². The van der Waals surface area contributed by atoms with Crippen molar-refractivity contribution in [2.75, 3.05) is 0 Å². The summed E-state index contributed by atoms with van der Waals surface area (Å²) in [6.45, 7) is 16.1. The van der Waals surface area contributed by atoms with E-state index in [0.717, 1.165) is 6.42 Å². The number of hydrogen-bond donors (Lipinski definition) is 0.